The molecule has 7 nitrogen and oxygen atoms in total. The number of rotatable bonds is 7. The Morgan fingerprint density at radius 1 is 0.925 bits per heavy atom. The van der Waals surface area contributed by atoms with Crippen LogP contribution in [0.15, 0.2) is 65.6 Å². The third-order valence-electron chi connectivity index (χ3n) is 7.05. The Labute approximate surface area is 230 Å². The predicted octanol–water partition coefficient (Wildman–Crippen LogP) is 5.70. The summed E-state index contributed by atoms with van der Waals surface area (Å²) in [4.78, 5) is 21.5. The van der Waals surface area contributed by atoms with Crippen molar-refractivity contribution in [2.75, 3.05) is 0 Å². The number of aromatic hydroxyl groups is 1. The van der Waals surface area contributed by atoms with Gasteiger partial charge in [0.1, 0.15) is 11.5 Å². The fourth-order valence-corrected chi connectivity index (χ4v) is 5.03. The summed E-state index contributed by atoms with van der Waals surface area (Å²) in [5.74, 6) is -1.22. The van der Waals surface area contributed by atoms with Gasteiger partial charge in [0.25, 0.3) is 5.56 Å². The first-order chi connectivity index (χ1) is 19.2. The van der Waals surface area contributed by atoms with Gasteiger partial charge in [-0.3, -0.25) is 14.0 Å². The van der Waals surface area contributed by atoms with E-state index in [0.29, 0.717) is 35.4 Å². The lowest BCUT2D eigenvalue weighted by molar-refractivity contribution is 0.428. The second kappa shape index (κ2) is 10.8. The lowest BCUT2D eigenvalue weighted by Gasteiger charge is -2.21. The van der Waals surface area contributed by atoms with Crippen LogP contribution in [-0.2, 0) is 26.3 Å². The summed E-state index contributed by atoms with van der Waals surface area (Å²) in [6, 6.07) is 14.9. The van der Waals surface area contributed by atoms with Crippen LogP contribution in [0, 0.1) is 18.7 Å². The van der Waals surface area contributed by atoms with Gasteiger partial charge in [-0.05, 0) is 60.7 Å². The van der Waals surface area contributed by atoms with Gasteiger partial charge in [0.2, 0.25) is 11.8 Å². The third kappa shape index (κ3) is 4.90. The van der Waals surface area contributed by atoms with Gasteiger partial charge in [-0.1, -0.05) is 44.2 Å². The number of nitrogens with zero attached hydrogens (tertiary/aromatic N) is 5. The molecule has 5 aromatic rings. The quantitative estimate of drug-likeness (QED) is 0.267. The van der Waals surface area contributed by atoms with E-state index >= 15 is 4.39 Å². The Morgan fingerprint density at radius 2 is 1.62 bits per heavy atom. The normalized spacial score (nSPS) is 11.2. The van der Waals surface area contributed by atoms with Gasteiger partial charge < -0.3 is 5.11 Å². The van der Waals surface area contributed by atoms with E-state index in [0.717, 1.165) is 16.8 Å². The number of benzene rings is 2. The monoisotopic (exact) mass is 541 g/mol. The molecule has 0 aliphatic carbocycles. The number of aryl methyl sites for hydroxylation is 4. The van der Waals surface area contributed by atoms with Crippen LogP contribution in [0.3, 0.4) is 0 Å². The largest absolute Gasteiger partial charge is 0.494 e. The summed E-state index contributed by atoms with van der Waals surface area (Å²) in [6.45, 7) is 5.66. The highest BCUT2D eigenvalue weighted by atomic mass is 19.1. The maximum atomic E-state index is 15.3. The average molecular weight is 542 g/mol. The Morgan fingerprint density at radius 3 is 2.23 bits per heavy atom. The summed E-state index contributed by atoms with van der Waals surface area (Å²) in [6.07, 6.45) is 3.08. The van der Waals surface area contributed by atoms with Crippen molar-refractivity contribution in [1.82, 2.24) is 24.3 Å². The van der Waals surface area contributed by atoms with E-state index in [1.54, 1.807) is 47.6 Å². The van der Waals surface area contributed by atoms with Crippen molar-refractivity contribution in [3.63, 3.8) is 0 Å². The maximum absolute atomic E-state index is 15.3. The van der Waals surface area contributed by atoms with Crippen LogP contribution in [0.2, 0.25) is 0 Å². The predicted molar refractivity (Wildman–Crippen MR) is 150 cm³/mol. The molecule has 0 bridgehead atoms. The number of hydrogen-bond donors (Lipinski definition) is 1. The molecule has 0 aliphatic heterocycles. The van der Waals surface area contributed by atoms with Crippen molar-refractivity contribution < 1.29 is 13.9 Å². The molecule has 3 aromatic heterocycles. The number of halogens is 2. The minimum atomic E-state index is -0.637. The SMILES string of the molecule is CCc1cccc(CC)c1-n1c(-c2ccn(C)n2)nc(=O)c(Cc2ccc(-c3ccc(F)nc3C)c(F)c2)c1O. The van der Waals surface area contributed by atoms with Crippen molar-refractivity contribution in [1.29, 1.82) is 0 Å². The summed E-state index contributed by atoms with van der Waals surface area (Å²) < 4.78 is 31.9. The first-order valence-electron chi connectivity index (χ1n) is 13.1. The van der Waals surface area contributed by atoms with Crippen LogP contribution in [-0.4, -0.2) is 29.4 Å². The van der Waals surface area contributed by atoms with Crippen LogP contribution in [0.25, 0.3) is 28.3 Å². The highest BCUT2D eigenvalue weighted by Crippen LogP contribution is 2.33. The van der Waals surface area contributed by atoms with Crippen LogP contribution >= 0.6 is 0 Å². The molecule has 1 N–H and O–H groups in total. The molecule has 2 aromatic carbocycles. The number of aromatic nitrogens is 5. The number of hydrogen-bond acceptors (Lipinski definition) is 5. The second-order valence-corrected chi connectivity index (χ2v) is 9.64. The molecule has 0 atom stereocenters. The molecular weight excluding hydrogens is 512 g/mol. The summed E-state index contributed by atoms with van der Waals surface area (Å²) in [5, 5.41) is 16.1. The summed E-state index contributed by atoms with van der Waals surface area (Å²) >= 11 is 0. The molecule has 0 saturated carbocycles. The van der Waals surface area contributed by atoms with Gasteiger partial charge in [-0.15, -0.1) is 0 Å². The van der Waals surface area contributed by atoms with E-state index in [4.69, 9.17) is 0 Å². The van der Waals surface area contributed by atoms with E-state index in [9.17, 15) is 14.3 Å². The van der Waals surface area contributed by atoms with Gasteiger partial charge in [-0.25, -0.2) is 9.37 Å². The molecule has 0 amide bonds. The average Bonchev–Trinajstić information content (AvgIpc) is 3.37. The van der Waals surface area contributed by atoms with E-state index in [2.05, 4.69) is 15.1 Å². The molecule has 9 heteroatoms. The zero-order valence-corrected chi connectivity index (χ0v) is 22.7. The standard InChI is InChI=1S/C31H29F2N5O2/c1-5-20-8-7-9-21(6-2)28(20)38-29(26-14-15-37(4)36-26)35-30(39)24(31(38)40)16-19-10-11-23(25(32)17-19)22-12-13-27(33)34-18(22)3/h7-15,17,40H,5-6,16H2,1-4H3. The minimum Gasteiger partial charge on any atom is -0.494 e. The Bertz CT molecular complexity index is 1770. The topological polar surface area (TPSA) is 85.8 Å². The highest BCUT2D eigenvalue weighted by Gasteiger charge is 2.24. The lowest BCUT2D eigenvalue weighted by atomic mass is 9.99. The van der Waals surface area contributed by atoms with Crippen molar-refractivity contribution in [3.05, 3.63) is 111 Å². The summed E-state index contributed by atoms with van der Waals surface area (Å²) in [5.41, 5.74) is 4.13. The lowest BCUT2D eigenvalue weighted by Crippen LogP contribution is -2.21. The first-order valence-corrected chi connectivity index (χ1v) is 13.1. The Hall–Kier alpha value is -4.66. The van der Waals surface area contributed by atoms with Crippen molar-refractivity contribution in [2.45, 2.75) is 40.0 Å². The van der Waals surface area contributed by atoms with Gasteiger partial charge in [0.05, 0.1) is 11.3 Å². The molecule has 3 heterocycles. The van der Waals surface area contributed by atoms with Crippen molar-refractivity contribution in [3.8, 4) is 34.2 Å². The molecular formula is C31H29F2N5O2. The third-order valence-corrected chi connectivity index (χ3v) is 7.05. The van der Waals surface area contributed by atoms with E-state index in [1.165, 1.54) is 18.2 Å². The Kier molecular flexibility index (Phi) is 7.30. The van der Waals surface area contributed by atoms with E-state index < -0.39 is 17.3 Å². The fraction of sp³-hybridized carbons (Fsp3) is 0.226. The number of para-hydroxylation sites is 1. The van der Waals surface area contributed by atoms with Crippen LogP contribution < -0.4 is 5.56 Å². The van der Waals surface area contributed by atoms with Crippen molar-refractivity contribution in [2.24, 2.45) is 7.05 Å². The van der Waals surface area contributed by atoms with Crippen LogP contribution in [0.5, 0.6) is 5.88 Å². The van der Waals surface area contributed by atoms with Crippen LogP contribution in [0.4, 0.5) is 8.78 Å². The molecule has 40 heavy (non-hydrogen) atoms. The zero-order chi connectivity index (χ0) is 28.6. The smallest absolute Gasteiger partial charge is 0.280 e. The molecule has 0 radical (unpaired) electrons. The molecule has 5 rings (SSSR count). The molecule has 0 spiro atoms. The molecule has 204 valence electrons. The minimum absolute atomic E-state index is 0.0411. The van der Waals surface area contributed by atoms with Gasteiger partial charge >= 0.3 is 0 Å². The molecule has 0 aliphatic rings. The fourth-order valence-electron chi connectivity index (χ4n) is 5.03. The number of pyridine rings is 1. The van der Waals surface area contributed by atoms with E-state index in [-0.39, 0.29) is 29.3 Å². The maximum Gasteiger partial charge on any atom is 0.280 e. The Balaban J connectivity index is 1.67. The van der Waals surface area contributed by atoms with Crippen molar-refractivity contribution >= 4 is 0 Å². The summed E-state index contributed by atoms with van der Waals surface area (Å²) in [7, 11) is 1.76. The second-order valence-electron chi connectivity index (χ2n) is 9.64. The van der Waals surface area contributed by atoms with Gasteiger partial charge in [0.15, 0.2) is 5.82 Å². The highest BCUT2D eigenvalue weighted by molar-refractivity contribution is 5.67. The van der Waals surface area contributed by atoms with Gasteiger partial charge in [0, 0.05) is 36.5 Å². The first kappa shape index (κ1) is 26.9. The molecule has 0 fully saturated rings. The van der Waals surface area contributed by atoms with Crippen LogP contribution in [0.1, 0.15) is 41.8 Å². The molecule has 0 saturated heterocycles. The van der Waals surface area contributed by atoms with Gasteiger partial charge in [-0.2, -0.15) is 14.5 Å². The van der Waals surface area contributed by atoms with E-state index in [1.807, 2.05) is 32.0 Å². The zero-order valence-electron chi connectivity index (χ0n) is 22.7. The molecule has 0 unspecified atom stereocenters.